The maximum Gasteiger partial charge on any atom is 0.314 e. The van der Waals surface area contributed by atoms with Gasteiger partial charge in [0.2, 0.25) is 0 Å². The summed E-state index contributed by atoms with van der Waals surface area (Å²) in [5.41, 5.74) is -0.914. The van der Waals surface area contributed by atoms with Gasteiger partial charge in [-0.15, -0.1) is 0 Å². The van der Waals surface area contributed by atoms with Gasteiger partial charge in [0.1, 0.15) is 0 Å². The monoisotopic (exact) mass is 284 g/mol. The smallest absolute Gasteiger partial charge is 0.314 e. The van der Waals surface area contributed by atoms with E-state index < -0.39 is 5.41 Å². The quantitative estimate of drug-likeness (QED) is 0.761. The van der Waals surface area contributed by atoms with Crippen molar-refractivity contribution in [3.05, 3.63) is 0 Å². The number of hydrogen-bond acceptors (Lipinski definition) is 4. The maximum absolute atomic E-state index is 12.4. The highest BCUT2D eigenvalue weighted by Crippen LogP contribution is 2.39. The van der Waals surface area contributed by atoms with Crippen LogP contribution in [0.5, 0.6) is 0 Å². The van der Waals surface area contributed by atoms with Gasteiger partial charge in [-0.2, -0.15) is 0 Å². The van der Waals surface area contributed by atoms with Crippen LogP contribution < -0.4 is 0 Å². The highest BCUT2D eigenvalue weighted by atomic mass is 16.5. The molecule has 0 heterocycles. The number of esters is 1. The van der Waals surface area contributed by atoms with Gasteiger partial charge >= 0.3 is 5.97 Å². The minimum atomic E-state index is -0.677. The van der Waals surface area contributed by atoms with E-state index in [9.17, 15) is 15.0 Å². The van der Waals surface area contributed by atoms with E-state index in [-0.39, 0.29) is 24.6 Å². The van der Waals surface area contributed by atoms with E-state index in [1.807, 2.05) is 0 Å². The first-order valence-corrected chi connectivity index (χ1v) is 8.05. The van der Waals surface area contributed by atoms with E-state index >= 15 is 0 Å². The molecule has 0 aromatic rings. The first-order chi connectivity index (χ1) is 9.66. The molecule has 116 valence electrons. The highest BCUT2D eigenvalue weighted by molar-refractivity contribution is 5.77. The molecule has 0 saturated heterocycles. The minimum Gasteiger partial charge on any atom is -0.465 e. The summed E-state index contributed by atoms with van der Waals surface area (Å²) in [6.45, 7) is 0.286. The van der Waals surface area contributed by atoms with Gasteiger partial charge in [0.05, 0.1) is 25.2 Å². The van der Waals surface area contributed by atoms with Crippen LogP contribution in [0.1, 0.15) is 64.2 Å². The molecule has 0 amide bonds. The maximum atomic E-state index is 12.4. The first kappa shape index (κ1) is 15.8. The van der Waals surface area contributed by atoms with Crippen molar-refractivity contribution in [2.45, 2.75) is 64.2 Å². The first-order valence-electron chi connectivity index (χ1n) is 8.05. The largest absolute Gasteiger partial charge is 0.465 e. The lowest BCUT2D eigenvalue weighted by atomic mass is 9.74. The van der Waals surface area contributed by atoms with Crippen molar-refractivity contribution in [2.24, 2.45) is 10.8 Å². The lowest BCUT2D eigenvalue weighted by molar-refractivity contribution is -0.166. The summed E-state index contributed by atoms with van der Waals surface area (Å²) in [5.74, 6) is -0.252. The molecule has 0 unspecified atom stereocenters. The molecular formula is C16H28O4. The topological polar surface area (TPSA) is 66.8 Å². The van der Waals surface area contributed by atoms with Crippen molar-refractivity contribution >= 4 is 5.97 Å². The van der Waals surface area contributed by atoms with Crippen molar-refractivity contribution in [1.82, 2.24) is 0 Å². The molecule has 0 spiro atoms. The van der Waals surface area contributed by atoms with Crippen LogP contribution in [-0.2, 0) is 9.53 Å². The Hall–Kier alpha value is -0.610. The molecule has 20 heavy (non-hydrogen) atoms. The fourth-order valence-corrected chi connectivity index (χ4v) is 3.68. The van der Waals surface area contributed by atoms with Crippen molar-refractivity contribution in [3.63, 3.8) is 0 Å². The second-order valence-corrected chi connectivity index (χ2v) is 6.79. The summed E-state index contributed by atoms with van der Waals surface area (Å²) in [4.78, 5) is 12.4. The lowest BCUT2D eigenvalue weighted by Gasteiger charge is -2.38. The summed E-state index contributed by atoms with van der Waals surface area (Å²) >= 11 is 0. The standard InChI is InChI=1S/C16H28O4/c17-11-15(7-3-1-4-8-15)13-20-14(19)16(12-18)9-5-2-6-10-16/h17-18H,1-13H2. The zero-order valence-electron chi connectivity index (χ0n) is 12.4. The van der Waals surface area contributed by atoms with E-state index in [0.29, 0.717) is 6.61 Å². The number of carbonyl (C=O) groups is 1. The van der Waals surface area contributed by atoms with E-state index in [0.717, 1.165) is 57.8 Å². The third-order valence-corrected chi connectivity index (χ3v) is 5.31. The number of aliphatic hydroxyl groups is 2. The molecule has 2 fully saturated rings. The van der Waals surface area contributed by atoms with E-state index in [4.69, 9.17) is 4.74 Å². The lowest BCUT2D eigenvalue weighted by Crippen LogP contribution is -2.41. The number of rotatable bonds is 5. The number of carbonyl (C=O) groups excluding carboxylic acids is 1. The summed E-state index contributed by atoms with van der Waals surface area (Å²) < 4.78 is 5.55. The van der Waals surface area contributed by atoms with Crippen molar-refractivity contribution in [1.29, 1.82) is 0 Å². The van der Waals surface area contributed by atoms with Gasteiger partial charge in [0.25, 0.3) is 0 Å². The third kappa shape index (κ3) is 3.34. The molecule has 0 aromatic heterocycles. The van der Waals surface area contributed by atoms with Crippen molar-refractivity contribution < 1.29 is 19.7 Å². The van der Waals surface area contributed by atoms with E-state index in [2.05, 4.69) is 0 Å². The van der Waals surface area contributed by atoms with Crippen LogP contribution in [0, 0.1) is 10.8 Å². The van der Waals surface area contributed by atoms with Crippen molar-refractivity contribution in [3.8, 4) is 0 Å². The molecule has 4 nitrogen and oxygen atoms in total. The number of hydrogen-bond donors (Lipinski definition) is 2. The zero-order valence-corrected chi connectivity index (χ0v) is 12.4. The van der Waals surface area contributed by atoms with Gasteiger partial charge in [0, 0.05) is 5.41 Å². The van der Waals surface area contributed by atoms with Gasteiger partial charge in [-0.3, -0.25) is 4.79 Å². The van der Waals surface area contributed by atoms with Gasteiger partial charge < -0.3 is 14.9 Å². The van der Waals surface area contributed by atoms with Crippen molar-refractivity contribution in [2.75, 3.05) is 19.8 Å². The van der Waals surface area contributed by atoms with E-state index in [1.54, 1.807) is 0 Å². The Morgan fingerprint density at radius 2 is 1.40 bits per heavy atom. The predicted octanol–water partition coefficient (Wildman–Crippen LogP) is 2.42. The average molecular weight is 284 g/mol. The minimum absolute atomic E-state index is 0.0897. The second kappa shape index (κ2) is 6.90. The molecule has 4 heteroatoms. The Balaban J connectivity index is 1.92. The highest BCUT2D eigenvalue weighted by Gasteiger charge is 2.42. The third-order valence-electron chi connectivity index (χ3n) is 5.31. The van der Waals surface area contributed by atoms with Crippen LogP contribution in [0.4, 0.5) is 0 Å². The Morgan fingerprint density at radius 1 is 0.850 bits per heavy atom. The van der Waals surface area contributed by atoms with Gasteiger partial charge in [0.15, 0.2) is 0 Å². The van der Waals surface area contributed by atoms with Gasteiger partial charge in [-0.25, -0.2) is 0 Å². The van der Waals surface area contributed by atoms with Crippen LogP contribution >= 0.6 is 0 Å². The van der Waals surface area contributed by atoms with Crippen LogP contribution in [0.3, 0.4) is 0 Å². The fourth-order valence-electron chi connectivity index (χ4n) is 3.68. The molecule has 0 atom stereocenters. The Bertz CT molecular complexity index is 314. The van der Waals surface area contributed by atoms with Crippen LogP contribution in [-0.4, -0.2) is 36.0 Å². The molecule has 2 saturated carbocycles. The molecule has 2 rings (SSSR count). The van der Waals surface area contributed by atoms with Crippen LogP contribution in [0.25, 0.3) is 0 Å². The molecule has 0 bridgehead atoms. The zero-order chi connectivity index (χ0) is 14.5. The molecule has 0 radical (unpaired) electrons. The predicted molar refractivity (Wildman–Crippen MR) is 76.2 cm³/mol. The van der Waals surface area contributed by atoms with E-state index in [1.165, 1.54) is 6.42 Å². The fraction of sp³-hybridized carbons (Fsp3) is 0.938. The number of ether oxygens (including phenoxy) is 1. The SMILES string of the molecule is O=C(OCC1(CO)CCCCC1)C1(CO)CCCCC1. The Kier molecular flexibility index (Phi) is 5.44. The Labute approximate surface area is 121 Å². The summed E-state index contributed by atoms with van der Waals surface area (Å²) in [6, 6.07) is 0. The molecule has 2 aliphatic carbocycles. The molecule has 0 aromatic carbocycles. The molecular weight excluding hydrogens is 256 g/mol. The average Bonchev–Trinajstić information content (AvgIpc) is 2.54. The second-order valence-electron chi connectivity index (χ2n) is 6.79. The molecule has 2 aliphatic rings. The summed E-state index contributed by atoms with van der Waals surface area (Å²) in [7, 11) is 0. The Morgan fingerprint density at radius 3 is 1.90 bits per heavy atom. The molecule has 0 aliphatic heterocycles. The molecule has 2 N–H and O–H groups in total. The van der Waals surface area contributed by atoms with Gasteiger partial charge in [-0.1, -0.05) is 38.5 Å². The number of aliphatic hydroxyl groups excluding tert-OH is 2. The van der Waals surface area contributed by atoms with Crippen LogP contribution in [0.2, 0.25) is 0 Å². The van der Waals surface area contributed by atoms with Gasteiger partial charge in [-0.05, 0) is 25.7 Å². The normalized spacial score (nSPS) is 25.1. The summed E-state index contributed by atoms with van der Waals surface area (Å²) in [5, 5.41) is 19.3. The van der Waals surface area contributed by atoms with Crippen LogP contribution in [0.15, 0.2) is 0 Å². The summed E-state index contributed by atoms with van der Waals surface area (Å²) in [6.07, 6.45) is 9.84.